The summed E-state index contributed by atoms with van der Waals surface area (Å²) < 4.78 is 7.48. The van der Waals surface area contributed by atoms with Crippen LogP contribution in [0.5, 0.6) is 5.75 Å². The lowest BCUT2D eigenvalue weighted by molar-refractivity contribution is 0.0694. The van der Waals surface area contributed by atoms with Gasteiger partial charge in [-0.25, -0.2) is 4.79 Å². The first kappa shape index (κ1) is 17.3. The van der Waals surface area contributed by atoms with Crippen molar-refractivity contribution in [1.29, 1.82) is 0 Å². The zero-order valence-corrected chi connectivity index (χ0v) is 14.8. The number of methoxy groups -OCH3 is 1. The van der Waals surface area contributed by atoms with Gasteiger partial charge in [0.15, 0.2) is 5.43 Å². The number of carboxylic acid groups (broad SMARTS) is 1. The van der Waals surface area contributed by atoms with Crippen LogP contribution < -0.4 is 10.2 Å². The van der Waals surface area contributed by atoms with E-state index in [9.17, 15) is 14.7 Å². The van der Waals surface area contributed by atoms with Crippen LogP contribution in [0.15, 0.2) is 29.2 Å². The molecule has 1 N–H and O–H groups in total. The molecule has 0 bridgehead atoms. The maximum atomic E-state index is 12.2. The smallest absolute Gasteiger partial charge is 0.341 e. The predicted octanol–water partition coefficient (Wildman–Crippen LogP) is 3.68. The highest BCUT2D eigenvalue weighted by Gasteiger charge is 2.26. The molecule has 0 fully saturated rings. The van der Waals surface area contributed by atoms with Gasteiger partial charge in [-0.2, -0.15) is 0 Å². The lowest BCUT2D eigenvalue weighted by atomic mass is 9.88. The molecule has 0 radical (unpaired) electrons. The number of fused-ring (bicyclic) bond motifs is 3. The van der Waals surface area contributed by atoms with Crippen LogP contribution in [0.1, 0.15) is 54.2 Å². The summed E-state index contributed by atoms with van der Waals surface area (Å²) in [5.74, 6) is -0.367. The van der Waals surface area contributed by atoms with Crippen molar-refractivity contribution < 1.29 is 14.6 Å². The Balaban J connectivity index is 2.25. The van der Waals surface area contributed by atoms with Gasteiger partial charge in [-0.1, -0.05) is 26.3 Å². The Morgan fingerprint density at radius 2 is 2.08 bits per heavy atom. The number of hydrogen-bond donors (Lipinski definition) is 1. The summed E-state index contributed by atoms with van der Waals surface area (Å²) in [6.45, 7) is 4.21. The van der Waals surface area contributed by atoms with E-state index in [2.05, 4.69) is 19.9 Å². The number of carbonyl (C=O) groups is 1. The van der Waals surface area contributed by atoms with Crippen molar-refractivity contribution >= 4 is 5.97 Å². The van der Waals surface area contributed by atoms with Crippen molar-refractivity contribution in [2.75, 3.05) is 7.11 Å². The Bertz CT molecular complexity index is 882. The highest BCUT2D eigenvalue weighted by atomic mass is 16.5. The second kappa shape index (κ2) is 6.75. The van der Waals surface area contributed by atoms with Crippen LogP contribution in [-0.2, 0) is 12.8 Å². The molecule has 1 unspecified atom stereocenters. The Kier molecular flexibility index (Phi) is 4.66. The quantitative estimate of drug-likeness (QED) is 0.901. The number of hydrogen-bond acceptors (Lipinski definition) is 3. The monoisotopic (exact) mass is 341 g/mol. The van der Waals surface area contributed by atoms with E-state index in [1.54, 1.807) is 7.11 Å². The molecule has 2 heterocycles. The van der Waals surface area contributed by atoms with Crippen molar-refractivity contribution in [2.24, 2.45) is 0 Å². The molecule has 1 atom stereocenters. The van der Waals surface area contributed by atoms with Gasteiger partial charge in [0.2, 0.25) is 0 Å². The molecule has 0 amide bonds. The number of benzene rings is 1. The van der Waals surface area contributed by atoms with Gasteiger partial charge in [0.1, 0.15) is 11.3 Å². The van der Waals surface area contributed by atoms with E-state index in [1.165, 1.54) is 23.4 Å². The number of ether oxygens (including phenoxy) is 1. The highest BCUT2D eigenvalue weighted by molar-refractivity contribution is 5.87. The van der Waals surface area contributed by atoms with Gasteiger partial charge in [-0.05, 0) is 36.5 Å². The normalized spacial score (nSPS) is 15.4. The number of pyridine rings is 1. The SMILES string of the molecule is CCCc1cc2c(cc1OC)-c1cc(=O)c(C(=O)O)cn1C(CC)C2. The summed E-state index contributed by atoms with van der Waals surface area (Å²) in [4.78, 5) is 23.6. The molecule has 25 heavy (non-hydrogen) atoms. The van der Waals surface area contributed by atoms with Gasteiger partial charge >= 0.3 is 5.97 Å². The first-order valence-electron chi connectivity index (χ1n) is 8.69. The van der Waals surface area contributed by atoms with E-state index < -0.39 is 11.4 Å². The van der Waals surface area contributed by atoms with Gasteiger partial charge in [0.25, 0.3) is 0 Å². The fraction of sp³-hybridized carbons (Fsp3) is 0.400. The molecular weight excluding hydrogens is 318 g/mol. The summed E-state index contributed by atoms with van der Waals surface area (Å²) in [6, 6.07) is 5.75. The average molecular weight is 341 g/mol. The van der Waals surface area contributed by atoms with Crippen LogP contribution in [0, 0.1) is 0 Å². The van der Waals surface area contributed by atoms with E-state index >= 15 is 0 Å². The Morgan fingerprint density at radius 1 is 1.32 bits per heavy atom. The molecule has 1 aromatic heterocycles. The number of carboxylic acids is 1. The third kappa shape index (κ3) is 2.95. The van der Waals surface area contributed by atoms with Crippen molar-refractivity contribution in [1.82, 2.24) is 4.57 Å². The van der Waals surface area contributed by atoms with Crippen LogP contribution in [0.3, 0.4) is 0 Å². The molecule has 1 aromatic carbocycles. The Hall–Kier alpha value is -2.56. The third-order valence-corrected chi connectivity index (χ3v) is 4.93. The molecule has 2 aromatic rings. The van der Waals surface area contributed by atoms with E-state index in [-0.39, 0.29) is 11.6 Å². The molecule has 0 spiro atoms. The lowest BCUT2D eigenvalue weighted by Crippen LogP contribution is -2.25. The van der Waals surface area contributed by atoms with Gasteiger partial charge in [-0.15, -0.1) is 0 Å². The number of aryl methyl sites for hydroxylation is 1. The van der Waals surface area contributed by atoms with Crippen molar-refractivity contribution in [3.8, 4) is 17.0 Å². The first-order chi connectivity index (χ1) is 12.0. The number of aromatic nitrogens is 1. The molecule has 5 nitrogen and oxygen atoms in total. The Labute approximate surface area is 146 Å². The largest absolute Gasteiger partial charge is 0.496 e. The van der Waals surface area contributed by atoms with E-state index in [0.717, 1.165) is 42.7 Å². The molecule has 1 aliphatic rings. The fourth-order valence-electron chi connectivity index (χ4n) is 3.66. The summed E-state index contributed by atoms with van der Waals surface area (Å²) in [5.41, 5.74) is 3.45. The van der Waals surface area contributed by atoms with Gasteiger partial charge < -0.3 is 14.4 Å². The highest BCUT2D eigenvalue weighted by Crippen LogP contribution is 2.39. The van der Waals surface area contributed by atoms with Crippen molar-refractivity contribution in [3.63, 3.8) is 0 Å². The summed E-state index contributed by atoms with van der Waals surface area (Å²) in [5, 5.41) is 9.27. The molecule has 0 aliphatic carbocycles. The Morgan fingerprint density at radius 3 is 2.68 bits per heavy atom. The second-order valence-corrected chi connectivity index (χ2v) is 6.49. The van der Waals surface area contributed by atoms with E-state index in [4.69, 9.17) is 4.74 Å². The lowest BCUT2D eigenvalue weighted by Gasteiger charge is -2.31. The number of aromatic carboxylic acids is 1. The first-order valence-corrected chi connectivity index (χ1v) is 8.69. The average Bonchev–Trinajstić information content (AvgIpc) is 2.60. The van der Waals surface area contributed by atoms with Gasteiger partial charge in [0, 0.05) is 23.9 Å². The van der Waals surface area contributed by atoms with E-state index in [0.29, 0.717) is 0 Å². The fourth-order valence-corrected chi connectivity index (χ4v) is 3.66. The minimum atomic E-state index is -1.18. The van der Waals surface area contributed by atoms with Crippen LogP contribution in [-0.4, -0.2) is 22.8 Å². The maximum Gasteiger partial charge on any atom is 0.341 e. The van der Waals surface area contributed by atoms with Crippen molar-refractivity contribution in [2.45, 2.75) is 45.6 Å². The zero-order chi connectivity index (χ0) is 18.1. The van der Waals surface area contributed by atoms with Gasteiger partial charge in [-0.3, -0.25) is 4.79 Å². The topological polar surface area (TPSA) is 68.5 Å². The summed E-state index contributed by atoms with van der Waals surface area (Å²) in [7, 11) is 1.65. The molecule has 5 heteroatoms. The van der Waals surface area contributed by atoms with E-state index in [1.807, 2.05) is 10.6 Å². The van der Waals surface area contributed by atoms with Crippen LogP contribution >= 0.6 is 0 Å². The molecule has 0 saturated carbocycles. The predicted molar refractivity (Wildman–Crippen MR) is 96.7 cm³/mol. The maximum absolute atomic E-state index is 12.2. The number of nitrogens with zero attached hydrogens (tertiary/aromatic N) is 1. The zero-order valence-electron chi connectivity index (χ0n) is 14.8. The molecular formula is C20H23NO4. The van der Waals surface area contributed by atoms with Crippen LogP contribution in [0.4, 0.5) is 0 Å². The summed E-state index contributed by atoms with van der Waals surface area (Å²) in [6.07, 6.45) is 5.15. The second-order valence-electron chi connectivity index (χ2n) is 6.49. The third-order valence-electron chi connectivity index (χ3n) is 4.93. The number of rotatable bonds is 5. The molecule has 3 rings (SSSR count). The van der Waals surface area contributed by atoms with Crippen LogP contribution in [0.2, 0.25) is 0 Å². The molecule has 1 aliphatic heterocycles. The minimum absolute atomic E-state index is 0.143. The molecule has 132 valence electrons. The van der Waals surface area contributed by atoms with Crippen molar-refractivity contribution in [3.05, 3.63) is 51.3 Å². The van der Waals surface area contributed by atoms with Crippen LogP contribution in [0.25, 0.3) is 11.3 Å². The molecule has 0 saturated heterocycles. The van der Waals surface area contributed by atoms with Gasteiger partial charge in [0.05, 0.1) is 12.8 Å². The summed E-state index contributed by atoms with van der Waals surface area (Å²) >= 11 is 0. The standard InChI is InChI=1S/C20H23NO4/c1-4-6-12-7-13-8-14(5-2)21-11-16(20(23)24)18(22)10-17(21)15(13)9-19(12)25-3/h7,9-11,14H,4-6,8H2,1-3H3,(H,23,24). The minimum Gasteiger partial charge on any atom is -0.496 e.